The number of hydrogen-bond acceptors (Lipinski definition) is 0. The van der Waals surface area contributed by atoms with Gasteiger partial charge in [-0.05, 0) is 0 Å². The van der Waals surface area contributed by atoms with Gasteiger partial charge in [0.15, 0.2) is 0 Å². The molecule has 0 saturated carbocycles. The maximum absolute atomic E-state index is 2.55. The first-order chi connectivity index (χ1) is 21.2. The minimum Gasteiger partial charge on any atom is -1.00 e. The molecule has 0 aromatic heterocycles. The molecule has 0 heterocycles. The van der Waals surface area contributed by atoms with Crippen LogP contribution in [0.3, 0.4) is 0 Å². The average Bonchev–Trinajstić information content (AvgIpc) is 3.55. The first-order valence-corrected chi connectivity index (χ1v) is 19.5. The van der Waals surface area contributed by atoms with Crippen molar-refractivity contribution in [2.45, 2.75) is 89.1 Å². The Hall–Kier alpha value is -2.18. The van der Waals surface area contributed by atoms with E-state index in [0.717, 1.165) is 0 Å². The van der Waals surface area contributed by atoms with Gasteiger partial charge in [-0.25, -0.2) is 0 Å². The van der Waals surface area contributed by atoms with E-state index in [1.165, 1.54) is 33.4 Å². The van der Waals surface area contributed by atoms with Crippen LogP contribution in [-0.2, 0) is 39.5 Å². The van der Waals surface area contributed by atoms with Crippen molar-refractivity contribution in [3.63, 3.8) is 0 Å². The monoisotopic (exact) mass is 736 g/mol. The van der Waals surface area contributed by atoms with Crippen molar-refractivity contribution in [1.82, 2.24) is 0 Å². The van der Waals surface area contributed by atoms with E-state index in [1.807, 2.05) is 3.28 Å². The molecule has 0 aliphatic heterocycles. The van der Waals surface area contributed by atoms with Crippen LogP contribution in [-0.4, -0.2) is 0 Å². The number of rotatable bonds is 4. The van der Waals surface area contributed by atoms with E-state index in [4.69, 9.17) is 0 Å². The zero-order chi connectivity index (χ0) is 32.1. The molecule has 4 aliphatic carbocycles. The summed E-state index contributed by atoms with van der Waals surface area (Å²) in [6, 6.07) is 37.6. The molecule has 4 aromatic carbocycles. The van der Waals surface area contributed by atoms with Crippen LogP contribution in [0.4, 0.5) is 0 Å². The summed E-state index contributed by atoms with van der Waals surface area (Å²) in [7, 11) is 0. The third kappa shape index (κ3) is 5.43. The first-order valence-electron chi connectivity index (χ1n) is 16.8. The van der Waals surface area contributed by atoms with Crippen LogP contribution in [0.5, 0.6) is 0 Å². The van der Waals surface area contributed by atoms with Crippen LogP contribution in [0, 0.1) is 11.3 Å². The minimum absolute atomic E-state index is 0. The van der Waals surface area contributed by atoms with Crippen LogP contribution in [0.15, 0.2) is 117 Å². The van der Waals surface area contributed by atoms with Crippen LogP contribution >= 0.6 is 0 Å². The van der Waals surface area contributed by atoms with Crippen molar-refractivity contribution in [1.29, 1.82) is 0 Å². The second-order valence-corrected chi connectivity index (χ2v) is 20.1. The Kier molecular flexibility index (Phi) is 9.45. The zero-order valence-corrected chi connectivity index (χ0v) is 33.6. The van der Waals surface area contributed by atoms with Gasteiger partial charge in [-0.15, -0.1) is 0 Å². The molecule has 2 bridgehead atoms. The molecule has 47 heavy (non-hydrogen) atoms. The van der Waals surface area contributed by atoms with Crippen molar-refractivity contribution in [3.8, 4) is 11.1 Å². The van der Waals surface area contributed by atoms with Crippen LogP contribution < -0.4 is 24.8 Å². The minimum atomic E-state index is -1.15. The van der Waals surface area contributed by atoms with Gasteiger partial charge in [0.05, 0.1) is 0 Å². The summed E-state index contributed by atoms with van der Waals surface area (Å²) in [5.41, 5.74) is 17.2. The normalized spacial score (nSPS) is 19.3. The molecule has 0 N–H and O–H groups in total. The molecule has 2 unspecified atom stereocenters. The molecule has 8 rings (SSSR count). The van der Waals surface area contributed by atoms with Gasteiger partial charge in [-0.3, -0.25) is 0 Å². The maximum Gasteiger partial charge on any atom is -1.00 e. The Balaban J connectivity index is 0.00000217. The summed E-state index contributed by atoms with van der Waals surface area (Å²) < 4.78 is 2.33. The third-order valence-corrected chi connectivity index (χ3v) is 15.3. The molecule has 4 aliphatic rings. The van der Waals surface area contributed by atoms with E-state index in [0.29, 0.717) is 9.54 Å². The van der Waals surface area contributed by atoms with E-state index in [2.05, 4.69) is 166 Å². The molecule has 4 aromatic rings. The van der Waals surface area contributed by atoms with Crippen molar-refractivity contribution in [3.05, 3.63) is 150 Å². The fourth-order valence-electron chi connectivity index (χ4n) is 8.65. The summed E-state index contributed by atoms with van der Waals surface area (Å²) in [4.78, 5) is 0. The van der Waals surface area contributed by atoms with Crippen LogP contribution in [0.1, 0.15) is 106 Å². The fourth-order valence-corrected chi connectivity index (χ4v) is 13.5. The molecule has 2 atom stereocenters. The van der Waals surface area contributed by atoms with Gasteiger partial charge < -0.3 is 24.8 Å². The Morgan fingerprint density at radius 1 is 0.596 bits per heavy atom. The summed E-state index contributed by atoms with van der Waals surface area (Å²) in [5, 5.41) is 0. The van der Waals surface area contributed by atoms with Gasteiger partial charge in [0.1, 0.15) is 0 Å². The largest absolute Gasteiger partial charge is 1.00 e. The molecule has 0 spiro atoms. The predicted molar refractivity (Wildman–Crippen MR) is 187 cm³/mol. The zero-order valence-electron chi connectivity index (χ0n) is 29.6. The maximum atomic E-state index is 2.55. The van der Waals surface area contributed by atoms with E-state index in [9.17, 15) is 0 Å². The second kappa shape index (κ2) is 12.3. The van der Waals surface area contributed by atoms with Gasteiger partial charge in [-0.1, -0.05) is 0 Å². The van der Waals surface area contributed by atoms with Crippen molar-refractivity contribution < 1.29 is 48.0 Å². The number of hydrogen-bond donors (Lipinski definition) is 0. The second-order valence-electron chi connectivity index (χ2n) is 16.7. The summed E-state index contributed by atoms with van der Waals surface area (Å²) in [5.74, 6) is 0.480. The molecular weight excluding hydrogens is 691 g/mol. The summed E-state index contributed by atoms with van der Waals surface area (Å²) in [6.45, 7) is 24.1. The molecule has 3 heteroatoms. The topological polar surface area (TPSA) is 0 Å². The molecule has 0 nitrogen and oxygen atoms in total. The number of fused-ring (bicyclic) bond motifs is 4. The van der Waals surface area contributed by atoms with Gasteiger partial charge in [0, 0.05) is 0 Å². The van der Waals surface area contributed by atoms with Crippen molar-refractivity contribution in [2.75, 3.05) is 0 Å². The number of allylic oxidation sites excluding steroid dienone is 4. The summed E-state index contributed by atoms with van der Waals surface area (Å²) >= 11 is -1.15. The van der Waals surface area contributed by atoms with Crippen molar-refractivity contribution in [2.24, 2.45) is 11.3 Å². The van der Waals surface area contributed by atoms with E-state index in [1.54, 1.807) is 27.8 Å². The third-order valence-electron chi connectivity index (χ3n) is 10.6. The molecule has 242 valence electrons. The number of benzene rings is 4. The van der Waals surface area contributed by atoms with Gasteiger partial charge in [0.25, 0.3) is 0 Å². The Morgan fingerprint density at radius 2 is 1.17 bits per heavy atom. The van der Waals surface area contributed by atoms with Crippen LogP contribution in [0.25, 0.3) is 11.1 Å². The van der Waals surface area contributed by atoms with Gasteiger partial charge >= 0.3 is 285 Å². The SMILES string of the molecule is CC1[C]([Zr+2][CH]2c3ccc(C(C)(C)C)cc3-c3c2cccc3C(C)(C)C)=C2C(C(C)(C)C)=C1C2(c1ccccc1)c1ccccc1.[Cl-].[Cl-]. The van der Waals surface area contributed by atoms with Crippen LogP contribution in [0.2, 0.25) is 0 Å². The Bertz CT molecular complexity index is 1840. The molecule has 0 saturated heterocycles. The van der Waals surface area contributed by atoms with E-state index >= 15 is 0 Å². The molecule has 0 fully saturated rings. The van der Waals surface area contributed by atoms with Gasteiger partial charge in [0.2, 0.25) is 0 Å². The predicted octanol–water partition coefficient (Wildman–Crippen LogP) is 5.69. The summed E-state index contributed by atoms with van der Waals surface area (Å²) in [6.07, 6.45) is 0. The van der Waals surface area contributed by atoms with Gasteiger partial charge in [-0.2, -0.15) is 0 Å². The molecule has 0 amide bonds. The Morgan fingerprint density at radius 3 is 1.68 bits per heavy atom. The standard InChI is InChI=1S/C23H23.C21H25.2ClH.Zr/c1-16-15-19-21(22(2,3)4)20(16)23(19,17-11-7-5-8-12-17)18-13-9-6-10-14-18;1-20(2,3)16-11-10-14-12-15-8-7-9-18(21(4,5)6)19(15)17(14)13-16;;;/h5-14,16H,1-4H3;7-13H,1-6H3;2*1H;/q;;;;+2/p-2. The molecule has 0 radical (unpaired) electrons. The van der Waals surface area contributed by atoms with E-state index in [-0.39, 0.29) is 46.5 Å². The quantitative estimate of drug-likeness (QED) is 0.253. The smallest absolute Gasteiger partial charge is 1.00 e. The van der Waals surface area contributed by atoms with Crippen molar-refractivity contribution >= 4 is 0 Å². The first kappa shape index (κ1) is 36.1. The fraction of sp³-hybridized carbons (Fsp3) is 0.364. The van der Waals surface area contributed by atoms with E-state index < -0.39 is 23.2 Å². The Labute approximate surface area is 308 Å². The average molecular weight is 739 g/mol. The number of halogens is 2. The molecular formula is C44H48Cl2Zr.